The number of benzene rings is 1. The molecule has 1 atom stereocenters. The van der Waals surface area contributed by atoms with Crippen molar-refractivity contribution in [1.82, 2.24) is 4.98 Å². The van der Waals surface area contributed by atoms with Crippen molar-refractivity contribution in [3.8, 4) is 6.07 Å². The van der Waals surface area contributed by atoms with Gasteiger partial charge in [-0.25, -0.2) is 8.78 Å². The van der Waals surface area contributed by atoms with E-state index >= 15 is 0 Å². The van der Waals surface area contributed by atoms with E-state index in [0.29, 0.717) is 10.6 Å². The molecule has 2 aromatic rings. The summed E-state index contributed by atoms with van der Waals surface area (Å²) in [5.41, 5.74) is 0.677. The quantitative estimate of drug-likeness (QED) is 0.838. The predicted octanol–water partition coefficient (Wildman–Crippen LogP) is 4.33. The summed E-state index contributed by atoms with van der Waals surface area (Å²) >= 11 is 6.02. The van der Waals surface area contributed by atoms with E-state index in [0.717, 1.165) is 0 Å². The second-order valence-corrected chi connectivity index (χ2v) is 4.31. The summed E-state index contributed by atoms with van der Waals surface area (Å²) < 4.78 is 25.3. The average molecular weight is 279 g/mol. The summed E-state index contributed by atoms with van der Waals surface area (Å²) in [5.74, 6) is -0.757. The third-order valence-corrected chi connectivity index (χ3v) is 3.04. The third-order valence-electron chi connectivity index (χ3n) is 2.70. The fraction of sp³-hybridized carbons (Fsp3) is 0.143. The van der Waals surface area contributed by atoms with Crippen molar-refractivity contribution in [2.75, 3.05) is 0 Å². The van der Waals surface area contributed by atoms with Crippen LogP contribution in [-0.4, -0.2) is 4.98 Å². The summed E-state index contributed by atoms with van der Waals surface area (Å²) in [4.78, 5) is 4.00. The number of rotatable bonds is 3. The molecular formula is C14H9ClF2N2. The number of nitrogens with zero attached hydrogens (tertiary/aromatic N) is 2. The number of hydrogen-bond donors (Lipinski definition) is 0. The predicted molar refractivity (Wildman–Crippen MR) is 68.1 cm³/mol. The van der Waals surface area contributed by atoms with Crippen molar-refractivity contribution in [3.63, 3.8) is 0 Å². The zero-order valence-electron chi connectivity index (χ0n) is 9.72. The number of aromatic nitrogens is 1. The van der Waals surface area contributed by atoms with Crippen LogP contribution in [0.3, 0.4) is 0 Å². The van der Waals surface area contributed by atoms with E-state index in [1.807, 2.05) is 6.07 Å². The van der Waals surface area contributed by atoms with Crippen LogP contribution in [0.1, 0.15) is 29.2 Å². The molecule has 0 amide bonds. The molecule has 0 saturated heterocycles. The lowest BCUT2D eigenvalue weighted by molar-refractivity contribution is 0.151. The van der Waals surface area contributed by atoms with Crippen LogP contribution in [0.2, 0.25) is 5.02 Å². The first kappa shape index (κ1) is 13.4. The van der Waals surface area contributed by atoms with Crippen molar-refractivity contribution in [2.45, 2.75) is 12.3 Å². The highest BCUT2D eigenvalue weighted by Crippen LogP contribution is 2.30. The van der Waals surface area contributed by atoms with Crippen molar-refractivity contribution in [1.29, 1.82) is 5.26 Å². The molecule has 1 heterocycles. The molecule has 0 saturated carbocycles. The molecule has 0 spiro atoms. The molecule has 0 N–H and O–H groups in total. The first-order chi connectivity index (χ1) is 9.13. The average Bonchev–Trinajstić information content (AvgIpc) is 2.42. The van der Waals surface area contributed by atoms with Crippen molar-refractivity contribution >= 4 is 11.6 Å². The van der Waals surface area contributed by atoms with Gasteiger partial charge in [0.1, 0.15) is 5.92 Å². The highest BCUT2D eigenvalue weighted by molar-refractivity contribution is 6.31. The van der Waals surface area contributed by atoms with Crippen LogP contribution in [0.5, 0.6) is 0 Å². The molecule has 0 aliphatic carbocycles. The van der Waals surface area contributed by atoms with Crippen LogP contribution in [0.25, 0.3) is 0 Å². The van der Waals surface area contributed by atoms with Crippen molar-refractivity contribution in [2.24, 2.45) is 0 Å². The fourth-order valence-electron chi connectivity index (χ4n) is 1.76. The molecular weight excluding hydrogens is 270 g/mol. The molecule has 0 radical (unpaired) electrons. The zero-order valence-corrected chi connectivity index (χ0v) is 10.5. The van der Waals surface area contributed by atoms with Crippen LogP contribution in [0.4, 0.5) is 8.78 Å². The minimum atomic E-state index is -2.59. The maximum Gasteiger partial charge on any atom is 0.263 e. The fourth-order valence-corrected chi connectivity index (χ4v) is 2.01. The van der Waals surface area contributed by atoms with Gasteiger partial charge in [0, 0.05) is 16.8 Å². The Morgan fingerprint density at radius 3 is 2.58 bits per heavy atom. The number of nitriles is 1. The Kier molecular flexibility index (Phi) is 4.08. The molecule has 2 nitrogen and oxygen atoms in total. The second kappa shape index (κ2) is 5.77. The van der Waals surface area contributed by atoms with Gasteiger partial charge in [-0.05, 0) is 23.8 Å². The summed E-state index contributed by atoms with van der Waals surface area (Å²) in [6, 6.07) is 11.3. The van der Waals surface area contributed by atoms with E-state index in [9.17, 15) is 14.0 Å². The highest BCUT2D eigenvalue weighted by Gasteiger charge is 2.19. The van der Waals surface area contributed by atoms with E-state index in [1.165, 1.54) is 18.3 Å². The van der Waals surface area contributed by atoms with Crippen LogP contribution in [-0.2, 0) is 0 Å². The zero-order chi connectivity index (χ0) is 13.8. The van der Waals surface area contributed by atoms with Gasteiger partial charge in [-0.3, -0.25) is 4.98 Å². The Labute approximate surface area is 114 Å². The topological polar surface area (TPSA) is 36.7 Å². The smallest absolute Gasteiger partial charge is 0.260 e. The maximum absolute atomic E-state index is 12.7. The number of alkyl halides is 2. The summed E-state index contributed by atoms with van der Waals surface area (Å²) in [6.07, 6.45) is -1.31. The first-order valence-electron chi connectivity index (χ1n) is 5.51. The van der Waals surface area contributed by atoms with Gasteiger partial charge < -0.3 is 0 Å². The molecule has 0 bridgehead atoms. The Morgan fingerprint density at radius 1 is 1.21 bits per heavy atom. The van der Waals surface area contributed by atoms with Crippen LogP contribution in [0.15, 0.2) is 42.6 Å². The summed E-state index contributed by atoms with van der Waals surface area (Å²) in [7, 11) is 0. The molecule has 1 aromatic heterocycles. The van der Waals surface area contributed by atoms with Crippen molar-refractivity contribution < 1.29 is 8.78 Å². The maximum atomic E-state index is 12.7. The van der Waals surface area contributed by atoms with Crippen LogP contribution < -0.4 is 0 Å². The lowest BCUT2D eigenvalue weighted by atomic mass is 9.96. The van der Waals surface area contributed by atoms with E-state index in [1.54, 1.807) is 24.3 Å². The lowest BCUT2D eigenvalue weighted by Gasteiger charge is -2.11. The van der Waals surface area contributed by atoms with Gasteiger partial charge in [-0.1, -0.05) is 29.8 Å². The van der Waals surface area contributed by atoms with Gasteiger partial charge in [0.15, 0.2) is 0 Å². The molecule has 1 unspecified atom stereocenters. The standard InChI is InChI=1S/C14H9ClF2N2/c15-12-4-2-1-3-10(12)11(8-18)13-7-9(14(16)17)5-6-19-13/h1-7,11,14H. The minimum Gasteiger partial charge on any atom is -0.260 e. The van der Waals surface area contributed by atoms with E-state index < -0.39 is 12.3 Å². The molecule has 2 rings (SSSR count). The molecule has 0 aliphatic rings. The highest BCUT2D eigenvalue weighted by atomic mass is 35.5. The number of halogens is 3. The summed E-state index contributed by atoms with van der Waals surface area (Å²) in [6.45, 7) is 0. The van der Waals surface area contributed by atoms with Gasteiger partial charge in [-0.15, -0.1) is 0 Å². The van der Waals surface area contributed by atoms with Crippen LogP contribution >= 0.6 is 11.6 Å². The van der Waals surface area contributed by atoms with Gasteiger partial charge in [0.25, 0.3) is 6.43 Å². The lowest BCUT2D eigenvalue weighted by Crippen LogP contribution is -2.03. The molecule has 5 heteroatoms. The SMILES string of the molecule is N#CC(c1cc(C(F)F)ccn1)c1ccccc1Cl. The molecule has 96 valence electrons. The molecule has 0 aliphatic heterocycles. The van der Waals surface area contributed by atoms with Gasteiger partial charge >= 0.3 is 0 Å². The Bertz CT molecular complexity index is 623. The normalized spacial score (nSPS) is 12.2. The molecule has 19 heavy (non-hydrogen) atoms. The monoisotopic (exact) mass is 278 g/mol. The van der Waals surface area contributed by atoms with Gasteiger partial charge in [0.2, 0.25) is 0 Å². The van der Waals surface area contributed by atoms with Crippen LogP contribution in [0, 0.1) is 11.3 Å². The Balaban J connectivity index is 2.47. The second-order valence-electron chi connectivity index (χ2n) is 3.90. The first-order valence-corrected chi connectivity index (χ1v) is 5.89. The van der Waals surface area contributed by atoms with E-state index in [-0.39, 0.29) is 11.3 Å². The van der Waals surface area contributed by atoms with E-state index in [2.05, 4.69) is 4.98 Å². The van der Waals surface area contributed by atoms with E-state index in [4.69, 9.17) is 11.6 Å². The largest absolute Gasteiger partial charge is 0.263 e. The molecule has 0 fully saturated rings. The van der Waals surface area contributed by atoms with Gasteiger partial charge in [-0.2, -0.15) is 5.26 Å². The molecule has 1 aromatic carbocycles. The Morgan fingerprint density at radius 2 is 1.95 bits per heavy atom. The third kappa shape index (κ3) is 2.88. The van der Waals surface area contributed by atoms with Gasteiger partial charge in [0.05, 0.1) is 11.8 Å². The number of hydrogen-bond acceptors (Lipinski definition) is 2. The Hall–Kier alpha value is -1.99. The minimum absolute atomic E-state index is 0.155. The summed E-state index contributed by atoms with van der Waals surface area (Å²) in [5, 5.41) is 9.67. The number of pyridine rings is 1. The van der Waals surface area contributed by atoms with Crippen molar-refractivity contribution in [3.05, 3.63) is 64.4 Å².